The van der Waals surface area contributed by atoms with Gasteiger partial charge in [-0.15, -0.1) is 0 Å². The first kappa shape index (κ1) is 12.5. The number of rotatable bonds is 3. The standard InChI is InChI=1S/C17H15NO2/c1-12-6-7-13-8-9-18(16(13)10-12)11-14-4-2-3-5-15(14)17(19)20/h2-10H,11H2,1H3,(H,19,20). The average Bonchev–Trinajstić information content (AvgIpc) is 2.82. The van der Waals surface area contributed by atoms with Crippen molar-refractivity contribution in [2.45, 2.75) is 13.5 Å². The first-order valence-electron chi connectivity index (χ1n) is 6.52. The molecule has 0 aliphatic carbocycles. The lowest BCUT2D eigenvalue weighted by atomic mass is 10.1. The van der Waals surface area contributed by atoms with E-state index < -0.39 is 5.97 Å². The summed E-state index contributed by atoms with van der Waals surface area (Å²) in [5.41, 5.74) is 3.51. The molecule has 0 radical (unpaired) electrons. The summed E-state index contributed by atoms with van der Waals surface area (Å²) >= 11 is 0. The molecule has 100 valence electrons. The Morgan fingerprint density at radius 3 is 2.75 bits per heavy atom. The summed E-state index contributed by atoms with van der Waals surface area (Å²) in [6.07, 6.45) is 2.00. The van der Waals surface area contributed by atoms with Crippen LogP contribution in [-0.2, 0) is 6.54 Å². The van der Waals surface area contributed by atoms with Gasteiger partial charge in [0, 0.05) is 18.3 Å². The highest BCUT2D eigenvalue weighted by Gasteiger charge is 2.10. The molecule has 0 unspecified atom stereocenters. The SMILES string of the molecule is Cc1ccc2ccn(Cc3ccccc3C(=O)O)c2c1. The zero-order valence-electron chi connectivity index (χ0n) is 11.2. The molecule has 1 aromatic heterocycles. The van der Waals surface area contributed by atoms with E-state index in [1.54, 1.807) is 12.1 Å². The summed E-state index contributed by atoms with van der Waals surface area (Å²) in [6.45, 7) is 2.62. The van der Waals surface area contributed by atoms with Crippen LogP contribution in [0, 0.1) is 6.92 Å². The molecule has 0 spiro atoms. The maximum absolute atomic E-state index is 11.3. The Morgan fingerprint density at radius 2 is 1.95 bits per heavy atom. The Kier molecular flexibility index (Phi) is 3.03. The third kappa shape index (κ3) is 2.18. The van der Waals surface area contributed by atoms with Crippen molar-refractivity contribution in [3.8, 4) is 0 Å². The van der Waals surface area contributed by atoms with Crippen LogP contribution in [0.3, 0.4) is 0 Å². The van der Waals surface area contributed by atoms with Gasteiger partial charge in [-0.1, -0.05) is 30.3 Å². The lowest BCUT2D eigenvalue weighted by Crippen LogP contribution is -2.06. The molecule has 0 saturated heterocycles. The highest BCUT2D eigenvalue weighted by Crippen LogP contribution is 2.20. The predicted octanol–water partition coefficient (Wildman–Crippen LogP) is 3.70. The van der Waals surface area contributed by atoms with Crippen molar-refractivity contribution in [2.24, 2.45) is 0 Å². The minimum Gasteiger partial charge on any atom is -0.478 e. The van der Waals surface area contributed by atoms with E-state index in [9.17, 15) is 9.90 Å². The summed E-state index contributed by atoms with van der Waals surface area (Å²) in [4.78, 5) is 11.3. The van der Waals surface area contributed by atoms with Gasteiger partial charge in [0.2, 0.25) is 0 Å². The fourth-order valence-electron chi connectivity index (χ4n) is 2.48. The van der Waals surface area contributed by atoms with Gasteiger partial charge in [-0.25, -0.2) is 4.79 Å². The zero-order valence-corrected chi connectivity index (χ0v) is 11.2. The normalized spacial score (nSPS) is 10.8. The van der Waals surface area contributed by atoms with Gasteiger partial charge in [0.05, 0.1) is 5.56 Å². The fraction of sp³-hybridized carbons (Fsp3) is 0.118. The molecule has 3 rings (SSSR count). The number of aromatic carboxylic acids is 1. The van der Waals surface area contributed by atoms with Gasteiger partial charge in [0.1, 0.15) is 0 Å². The molecule has 3 aromatic rings. The molecule has 0 aliphatic rings. The third-order valence-corrected chi connectivity index (χ3v) is 3.52. The number of carbonyl (C=O) groups is 1. The highest BCUT2D eigenvalue weighted by atomic mass is 16.4. The van der Waals surface area contributed by atoms with Crippen LogP contribution in [0.15, 0.2) is 54.7 Å². The minimum absolute atomic E-state index is 0.363. The number of nitrogens with zero attached hydrogens (tertiary/aromatic N) is 1. The zero-order chi connectivity index (χ0) is 14.1. The van der Waals surface area contributed by atoms with E-state index >= 15 is 0 Å². The highest BCUT2D eigenvalue weighted by molar-refractivity contribution is 5.89. The Hall–Kier alpha value is -2.55. The first-order valence-corrected chi connectivity index (χ1v) is 6.52. The van der Waals surface area contributed by atoms with Crippen molar-refractivity contribution >= 4 is 16.9 Å². The fourth-order valence-corrected chi connectivity index (χ4v) is 2.48. The number of carboxylic acid groups (broad SMARTS) is 1. The van der Waals surface area contributed by atoms with Crippen LogP contribution in [0.4, 0.5) is 0 Å². The van der Waals surface area contributed by atoms with E-state index in [0.717, 1.165) is 11.1 Å². The van der Waals surface area contributed by atoms with E-state index in [-0.39, 0.29) is 0 Å². The third-order valence-electron chi connectivity index (χ3n) is 3.52. The lowest BCUT2D eigenvalue weighted by molar-refractivity contribution is 0.0695. The Bertz CT molecular complexity index is 787. The Balaban J connectivity index is 2.06. The van der Waals surface area contributed by atoms with Gasteiger partial charge in [0.15, 0.2) is 0 Å². The van der Waals surface area contributed by atoms with Crippen LogP contribution in [0.25, 0.3) is 10.9 Å². The second-order valence-corrected chi connectivity index (χ2v) is 4.97. The van der Waals surface area contributed by atoms with Crippen LogP contribution in [0.5, 0.6) is 0 Å². The summed E-state index contributed by atoms with van der Waals surface area (Å²) < 4.78 is 2.09. The van der Waals surface area contributed by atoms with Crippen molar-refractivity contribution in [1.29, 1.82) is 0 Å². The maximum atomic E-state index is 11.3. The van der Waals surface area contributed by atoms with Gasteiger partial charge in [-0.3, -0.25) is 0 Å². The Morgan fingerprint density at radius 1 is 1.15 bits per heavy atom. The van der Waals surface area contributed by atoms with Gasteiger partial charge < -0.3 is 9.67 Å². The second-order valence-electron chi connectivity index (χ2n) is 4.97. The van der Waals surface area contributed by atoms with Crippen molar-refractivity contribution in [1.82, 2.24) is 4.57 Å². The Labute approximate surface area is 117 Å². The van der Waals surface area contributed by atoms with E-state index in [4.69, 9.17) is 0 Å². The molecule has 1 heterocycles. The van der Waals surface area contributed by atoms with Crippen LogP contribution >= 0.6 is 0 Å². The van der Waals surface area contributed by atoms with Crippen molar-refractivity contribution < 1.29 is 9.90 Å². The summed E-state index contributed by atoms with van der Waals surface area (Å²) in [5, 5.41) is 10.4. The molecule has 0 saturated carbocycles. The van der Waals surface area contributed by atoms with Crippen LogP contribution in [0.1, 0.15) is 21.5 Å². The number of aryl methyl sites for hydroxylation is 1. The molecule has 0 aliphatic heterocycles. The molecule has 3 nitrogen and oxygen atoms in total. The predicted molar refractivity (Wildman–Crippen MR) is 79.2 cm³/mol. The number of hydrogen-bond donors (Lipinski definition) is 1. The van der Waals surface area contributed by atoms with E-state index in [2.05, 4.69) is 35.8 Å². The van der Waals surface area contributed by atoms with Crippen molar-refractivity contribution in [3.63, 3.8) is 0 Å². The number of fused-ring (bicyclic) bond motifs is 1. The smallest absolute Gasteiger partial charge is 0.336 e. The second kappa shape index (κ2) is 4.85. The van der Waals surface area contributed by atoms with E-state index in [1.165, 1.54) is 10.9 Å². The average molecular weight is 265 g/mol. The molecule has 3 heteroatoms. The number of hydrogen-bond acceptors (Lipinski definition) is 1. The maximum Gasteiger partial charge on any atom is 0.336 e. The van der Waals surface area contributed by atoms with Gasteiger partial charge in [-0.2, -0.15) is 0 Å². The molecule has 1 N–H and O–H groups in total. The summed E-state index contributed by atoms with van der Waals surface area (Å²) in [5.74, 6) is -0.881. The van der Waals surface area contributed by atoms with Crippen LogP contribution in [0.2, 0.25) is 0 Å². The van der Waals surface area contributed by atoms with Crippen LogP contribution < -0.4 is 0 Å². The lowest BCUT2D eigenvalue weighted by Gasteiger charge is -2.09. The molecular formula is C17H15NO2. The molecule has 0 fully saturated rings. The summed E-state index contributed by atoms with van der Waals surface area (Å²) in [7, 11) is 0. The quantitative estimate of drug-likeness (QED) is 0.784. The van der Waals surface area contributed by atoms with Gasteiger partial charge in [0.25, 0.3) is 0 Å². The summed E-state index contributed by atoms with van der Waals surface area (Å²) in [6, 6.07) is 15.5. The molecular weight excluding hydrogens is 250 g/mol. The molecule has 2 aromatic carbocycles. The van der Waals surface area contributed by atoms with Crippen molar-refractivity contribution in [3.05, 3.63) is 71.4 Å². The van der Waals surface area contributed by atoms with E-state index in [1.807, 2.05) is 18.3 Å². The minimum atomic E-state index is -0.881. The van der Waals surface area contributed by atoms with Gasteiger partial charge in [-0.05, 0) is 41.6 Å². The van der Waals surface area contributed by atoms with Crippen LogP contribution in [-0.4, -0.2) is 15.6 Å². The topological polar surface area (TPSA) is 42.2 Å². The largest absolute Gasteiger partial charge is 0.478 e. The molecule has 0 bridgehead atoms. The molecule has 20 heavy (non-hydrogen) atoms. The van der Waals surface area contributed by atoms with Gasteiger partial charge >= 0.3 is 5.97 Å². The molecule has 0 atom stereocenters. The first-order chi connectivity index (χ1) is 9.65. The van der Waals surface area contributed by atoms with E-state index in [0.29, 0.717) is 12.1 Å². The number of aromatic nitrogens is 1. The number of carboxylic acids is 1. The number of benzene rings is 2. The molecule has 0 amide bonds. The monoisotopic (exact) mass is 265 g/mol. The van der Waals surface area contributed by atoms with Crippen molar-refractivity contribution in [2.75, 3.05) is 0 Å².